The molecule has 0 amide bonds. The van der Waals surface area contributed by atoms with E-state index in [0.717, 1.165) is 24.4 Å². The fourth-order valence-electron chi connectivity index (χ4n) is 5.12. The van der Waals surface area contributed by atoms with E-state index in [2.05, 4.69) is 83.6 Å². The topological polar surface area (TPSA) is 19.4 Å². The summed E-state index contributed by atoms with van der Waals surface area (Å²) in [4.78, 5) is 10.0. The number of likely N-dealkylation sites (N-methyl/N-ethyl adjacent to an activating group) is 1. The van der Waals surface area contributed by atoms with Crippen LogP contribution < -0.4 is 4.90 Å². The van der Waals surface area contributed by atoms with Gasteiger partial charge in [-0.05, 0) is 56.0 Å². The van der Waals surface area contributed by atoms with Crippen LogP contribution in [0.3, 0.4) is 0 Å². The zero-order chi connectivity index (χ0) is 18.3. The SMILES string of the molecule is CN1C[C@@H](c2ccccc2)CC12CCN(c1ccc3ccccc3n1)CC2. The number of anilines is 1. The van der Waals surface area contributed by atoms with Crippen molar-refractivity contribution >= 4 is 16.7 Å². The lowest BCUT2D eigenvalue weighted by molar-refractivity contribution is 0.137. The van der Waals surface area contributed by atoms with Crippen LogP contribution in [-0.2, 0) is 0 Å². The summed E-state index contributed by atoms with van der Waals surface area (Å²) < 4.78 is 0. The minimum absolute atomic E-state index is 0.355. The Morgan fingerprint density at radius 2 is 1.63 bits per heavy atom. The molecule has 2 fully saturated rings. The summed E-state index contributed by atoms with van der Waals surface area (Å²) in [5.41, 5.74) is 2.95. The first-order chi connectivity index (χ1) is 13.2. The van der Waals surface area contributed by atoms with E-state index in [9.17, 15) is 0 Å². The second-order valence-corrected chi connectivity index (χ2v) is 8.27. The molecule has 0 N–H and O–H groups in total. The highest BCUT2D eigenvalue weighted by atomic mass is 15.3. The predicted octanol–water partition coefficient (Wildman–Crippen LogP) is 4.69. The van der Waals surface area contributed by atoms with E-state index < -0.39 is 0 Å². The standard InChI is InChI=1S/C24H27N3/c1-26-18-21(19-7-3-2-4-8-19)17-24(26)13-15-27(16-14-24)23-12-11-20-9-5-6-10-22(20)25-23/h2-12,21H,13-18H2,1H3/t21-/m0/s1. The Hall–Kier alpha value is -2.39. The van der Waals surface area contributed by atoms with E-state index in [1.165, 1.54) is 36.8 Å². The minimum Gasteiger partial charge on any atom is -0.356 e. The third-order valence-electron chi connectivity index (χ3n) is 6.80. The zero-order valence-corrected chi connectivity index (χ0v) is 16.0. The Morgan fingerprint density at radius 1 is 0.889 bits per heavy atom. The van der Waals surface area contributed by atoms with Crippen molar-refractivity contribution in [2.24, 2.45) is 0 Å². The van der Waals surface area contributed by atoms with Crippen LogP contribution in [0.2, 0.25) is 0 Å². The summed E-state index contributed by atoms with van der Waals surface area (Å²) in [6.45, 7) is 3.37. The minimum atomic E-state index is 0.355. The van der Waals surface area contributed by atoms with Crippen molar-refractivity contribution in [2.45, 2.75) is 30.7 Å². The number of pyridine rings is 1. The molecule has 2 aromatic carbocycles. The molecule has 3 nitrogen and oxygen atoms in total. The van der Waals surface area contributed by atoms with Crippen LogP contribution in [-0.4, -0.2) is 42.1 Å². The van der Waals surface area contributed by atoms with Gasteiger partial charge in [0.2, 0.25) is 0 Å². The smallest absolute Gasteiger partial charge is 0.129 e. The molecule has 3 aromatic rings. The molecule has 0 unspecified atom stereocenters. The van der Waals surface area contributed by atoms with Gasteiger partial charge in [0, 0.05) is 30.6 Å². The Bertz CT molecular complexity index is 929. The normalized spacial score (nSPS) is 22.6. The van der Waals surface area contributed by atoms with Crippen LogP contribution in [0, 0.1) is 0 Å². The molecular formula is C24H27N3. The van der Waals surface area contributed by atoms with E-state index >= 15 is 0 Å². The van der Waals surface area contributed by atoms with Gasteiger partial charge in [-0.25, -0.2) is 4.98 Å². The Morgan fingerprint density at radius 3 is 2.44 bits per heavy atom. The molecule has 1 atom stereocenters. The third kappa shape index (κ3) is 3.00. The predicted molar refractivity (Wildman–Crippen MR) is 112 cm³/mol. The van der Waals surface area contributed by atoms with E-state index in [4.69, 9.17) is 4.98 Å². The number of benzene rings is 2. The Labute approximate surface area is 161 Å². The van der Waals surface area contributed by atoms with Crippen LogP contribution >= 0.6 is 0 Å². The summed E-state index contributed by atoms with van der Waals surface area (Å²) in [7, 11) is 2.33. The first-order valence-electron chi connectivity index (χ1n) is 10.1. The highest BCUT2D eigenvalue weighted by molar-refractivity contribution is 5.80. The summed E-state index contributed by atoms with van der Waals surface area (Å²) in [5, 5.41) is 1.22. The largest absolute Gasteiger partial charge is 0.356 e. The molecule has 0 radical (unpaired) electrons. The highest BCUT2D eigenvalue weighted by Crippen LogP contribution is 2.44. The lowest BCUT2D eigenvalue weighted by Gasteiger charge is -2.44. The van der Waals surface area contributed by atoms with Gasteiger partial charge in [0.25, 0.3) is 0 Å². The quantitative estimate of drug-likeness (QED) is 0.663. The van der Waals surface area contributed by atoms with Gasteiger partial charge < -0.3 is 4.90 Å². The van der Waals surface area contributed by atoms with Crippen molar-refractivity contribution in [3.8, 4) is 0 Å². The molecule has 3 heterocycles. The molecule has 2 saturated heterocycles. The average molecular weight is 358 g/mol. The van der Waals surface area contributed by atoms with E-state index in [0.29, 0.717) is 11.5 Å². The molecule has 0 saturated carbocycles. The molecule has 0 aliphatic carbocycles. The van der Waals surface area contributed by atoms with E-state index in [1.807, 2.05) is 0 Å². The third-order valence-corrected chi connectivity index (χ3v) is 6.80. The summed E-state index contributed by atoms with van der Waals surface area (Å²) >= 11 is 0. The van der Waals surface area contributed by atoms with Gasteiger partial charge in [0.15, 0.2) is 0 Å². The molecule has 3 heteroatoms. The molecule has 27 heavy (non-hydrogen) atoms. The van der Waals surface area contributed by atoms with Gasteiger partial charge in [-0.3, -0.25) is 4.90 Å². The maximum Gasteiger partial charge on any atom is 0.129 e. The summed E-state index contributed by atoms with van der Waals surface area (Å²) in [6.07, 6.45) is 3.73. The van der Waals surface area contributed by atoms with Gasteiger partial charge in [-0.1, -0.05) is 48.5 Å². The zero-order valence-electron chi connectivity index (χ0n) is 16.0. The number of likely N-dealkylation sites (tertiary alicyclic amines) is 1. The molecule has 1 spiro atoms. The van der Waals surface area contributed by atoms with Gasteiger partial charge in [0.1, 0.15) is 5.82 Å². The first-order valence-corrected chi connectivity index (χ1v) is 10.1. The highest BCUT2D eigenvalue weighted by Gasteiger charge is 2.45. The Kier molecular flexibility index (Phi) is 4.13. The molecule has 0 bridgehead atoms. The lowest BCUT2D eigenvalue weighted by atomic mass is 9.81. The van der Waals surface area contributed by atoms with Crippen molar-refractivity contribution in [3.05, 3.63) is 72.3 Å². The van der Waals surface area contributed by atoms with E-state index in [-0.39, 0.29) is 0 Å². The van der Waals surface area contributed by atoms with Crippen molar-refractivity contribution in [1.29, 1.82) is 0 Å². The number of nitrogens with zero attached hydrogens (tertiary/aromatic N) is 3. The monoisotopic (exact) mass is 357 g/mol. The fraction of sp³-hybridized carbons (Fsp3) is 0.375. The number of aromatic nitrogens is 1. The molecule has 5 rings (SSSR count). The Balaban J connectivity index is 1.32. The first kappa shape index (κ1) is 16.8. The molecule has 138 valence electrons. The molecular weight excluding hydrogens is 330 g/mol. The van der Waals surface area contributed by atoms with Crippen molar-refractivity contribution < 1.29 is 0 Å². The number of hydrogen-bond acceptors (Lipinski definition) is 3. The van der Waals surface area contributed by atoms with Crippen molar-refractivity contribution in [1.82, 2.24) is 9.88 Å². The van der Waals surface area contributed by atoms with Crippen LogP contribution in [0.1, 0.15) is 30.7 Å². The lowest BCUT2D eigenvalue weighted by Crippen LogP contribution is -2.50. The number of rotatable bonds is 2. The van der Waals surface area contributed by atoms with E-state index in [1.54, 1.807) is 0 Å². The number of piperidine rings is 1. The summed E-state index contributed by atoms with van der Waals surface area (Å²) in [6, 6.07) is 23.8. The number of fused-ring (bicyclic) bond motifs is 1. The van der Waals surface area contributed by atoms with Crippen LogP contribution in [0.15, 0.2) is 66.7 Å². The van der Waals surface area contributed by atoms with Gasteiger partial charge in [-0.15, -0.1) is 0 Å². The van der Waals surface area contributed by atoms with Gasteiger partial charge in [0.05, 0.1) is 5.52 Å². The van der Waals surface area contributed by atoms with Crippen LogP contribution in [0.5, 0.6) is 0 Å². The van der Waals surface area contributed by atoms with Crippen molar-refractivity contribution in [3.63, 3.8) is 0 Å². The number of hydrogen-bond donors (Lipinski definition) is 0. The second-order valence-electron chi connectivity index (χ2n) is 8.27. The maximum absolute atomic E-state index is 4.91. The van der Waals surface area contributed by atoms with Crippen molar-refractivity contribution in [2.75, 3.05) is 31.6 Å². The van der Waals surface area contributed by atoms with Gasteiger partial charge in [-0.2, -0.15) is 0 Å². The maximum atomic E-state index is 4.91. The van der Waals surface area contributed by atoms with Crippen LogP contribution in [0.25, 0.3) is 10.9 Å². The molecule has 2 aliphatic heterocycles. The number of para-hydroxylation sites is 1. The molecule has 1 aromatic heterocycles. The van der Waals surface area contributed by atoms with Gasteiger partial charge >= 0.3 is 0 Å². The average Bonchev–Trinajstić information content (AvgIpc) is 3.05. The fourth-order valence-corrected chi connectivity index (χ4v) is 5.12. The van der Waals surface area contributed by atoms with Crippen LogP contribution in [0.4, 0.5) is 5.82 Å². The second kappa shape index (κ2) is 6.65. The molecule has 2 aliphatic rings. The summed E-state index contributed by atoms with van der Waals surface area (Å²) in [5.74, 6) is 1.80.